The summed E-state index contributed by atoms with van der Waals surface area (Å²) in [4.78, 5) is 0. The van der Waals surface area contributed by atoms with E-state index in [4.69, 9.17) is 58.0 Å². The molecule has 120 valence electrons. The number of guanidine groups is 1. The van der Waals surface area contributed by atoms with Gasteiger partial charge in [0.05, 0.1) is 0 Å². The summed E-state index contributed by atoms with van der Waals surface area (Å²) in [5.41, 5.74) is 8.94. The van der Waals surface area contributed by atoms with Crippen molar-refractivity contribution < 1.29 is 52.6 Å². The Morgan fingerprint density at radius 2 is 0.619 bits per heavy atom. The maximum atomic E-state index is 8.52. The van der Waals surface area contributed by atoms with E-state index in [0.29, 0.717) is 0 Å². The summed E-state index contributed by atoms with van der Waals surface area (Å²) in [7, 11) is -15.5. The fourth-order valence-electron chi connectivity index (χ4n) is 0. The Bertz CT molecular complexity index is 435. The van der Waals surface area contributed by atoms with E-state index in [1.54, 1.807) is 0 Å². The topological polar surface area (TPSA) is 317 Å². The minimum absolute atomic E-state index is 0. The molecule has 0 saturated carbocycles. The first-order chi connectivity index (χ1) is 7.73. The molecule has 0 saturated heterocycles. The minimum Gasteiger partial charge on any atom is -0.759 e. The molecule has 0 aromatic carbocycles. The van der Waals surface area contributed by atoms with E-state index < -0.39 is 31.2 Å². The Labute approximate surface area is 145 Å². The molecule has 0 aromatic heterocycles. The number of hydrogen-bond acceptors (Lipinski definition) is 13. The van der Waals surface area contributed by atoms with Gasteiger partial charge in [-0.3, -0.25) is 30.7 Å². The van der Waals surface area contributed by atoms with Crippen LogP contribution in [0.4, 0.5) is 0 Å². The second kappa shape index (κ2) is 16.5. The maximum Gasteiger partial charge on any atom is 3.00 e. The van der Waals surface area contributed by atoms with Crippen LogP contribution >= 0.6 is 0 Å². The van der Waals surface area contributed by atoms with Crippen molar-refractivity contribution in [3.63, 3.8) is 0 Å². The summed E-state index contributed by atoms with van der Waals surface area (Å²) in [5.74, 6) is -0.333. The molecule has 0 rings (SSSR count). The molecule has 0 radical (unpaired) electrons. The zero-order valence-corrected chi connectivity index (χ0v) is 16.7. The van der Waals surface area contributed by atoms with Crippen LogP contribution in [0.15, 0.2) is 0 Å². The summed E-state index contributed by atoms with van der Waals surface area (Å²) in [6, 6.07) is 0. The molecule has 5 N–H and O–H groups in total. The molecule has 20 heteroatoms. The largest absolute Gasteiger partial charge is 3.00 e. The summed E-state index contributed by atoms with van der Waals surface area (Å²) < 4.78 is 102. The molecule has 0 amide bonds. The van der Waals surface area contributed by atoms with E-state index in [1.165, 1.54) is 0 Å². The number of rotatable bonds is 0. The van der Waals surface area contributed by atoms with Crippen LogP contribution in [-0.4, -0.2) is 98.1 Å². The third-order valence-corrected chi connectivity index (χ3v) is 0. The molecular formula is CH5Ga2N3O12S3. The van der Waals surface area contributed by atoms with Crippen LogP contribution in [0.2, 0.25) is 0 Å². The second-order valence-corrected chi connectivity index (χ2v) is 4.13. The van der Waals surface area contributed by atoms with Gasteiger partial charge in [-0.2, -0.15) is 0 Å². The van der Waals surface area contributed by atoms with Gasteiger partial charge in [0.25, 0.3) is 0 Å². The first-order valence-electron chi connectivity index (χ1n) is 2.83. The van der Waals surface area contributed by atoms with Crippen molar-refractivity contribution in [2.45, 2.75) is 0 Å². The van der Waals surface area contributed by atoms with Crippen molar-refractivity contribution in [1.29, 1.82) is 5.41 Å². The van der Waals surface area contributed by atoms with E-state index in [-0.39, 0.29) is 45.5 Å². The van der Waals surface area contributed by atoms with Crippen LogP contribution in [-0.2, 0) is 31.2 Å². The Morgan fingerprint density at radius 1 is 0.619 bits per heavy atom. The van der Waals surface area contributed by atoms with Crippen molar-refractivity contribution in [2.75, 3.05) is 0 Å². The van der Waals surface area contributed by atoms with Gasteiger partial charge in [0.1, 0.15) is 0 Å². The summed E-state index contributed by atoms with van der Waals surface area (Å²) in [5, 5.41) is 6.06. The molecule has 0 fully saturated rings. The van der Waals surface area contributed by atoms with Crippen molar-refractivity contribution in [2.24, 2.45) is 11.5 Å². The van der Waals surface area contributed by atoms with Gasteiger partial charge >= 0.3 is 39.6 Å². The fraction of sp³-hybridized carbons (Fsp3) is 0. The molecule has 0 unspecified atom stereocenters. The van der Waals surface area contributed by atoms with Crippen molar-refractivity contribution in [1.82, 2.24) is 0 Å². The van der Waals surface area contributed by atoms with Crippen molar-refractivity contribution in [3.8, 4) is 0 Å². The van der Waals surface area contributed by atoms with Crippen LogP contribution in [0, 0.1) is 5.41 Å². The van der Waals surface area contributed by atoms with Crippen LogP contribution in [0.5, 0.6) is 0 Å². The van der Waals surface area contributed by atoms with Gasteiger partial charge in [-0.1, -0.05) is 0 Å². The SMILES string of the molecule is N=C(N)N.O=S(=O)([O-])[O-].O=S(=O)([O-])[O-].O=S(=O)([O-])[O-].[Ga+3].[Ga+3]. The molecule has 0 aliphatic carbocycles. The van der Waals surface area contributed by atoms with Crippen molar-refractivity contribution >= 4 is 76.7 Å². The molecule has 0 aliphatic heterocycles. The maximum absolute atomic E-state index is 8.52. The average molecular weight is 487 g/mol. The smallest absolute Gasteiger partial charge is 0.759 e. The first kappa shape index (κ1) is 37.4. The quantitative estimate of drug-likeness (QED) is 0.0942. The Hall–Kier alpha value is 0.153. The summed E-state index contributed by atoms with van der Waals surface area (Å²) >= 11 is 0. The van der Waals surface area contributed by atoms with Gasteiger partial charge in [0, 0.05) is 31.2 Å². The second-order valence-electron chi connectivity index (χ2n) is 1.68. The fourth-order valence-corrected chi connectivity index (χ4v) is 0. The monoisotopic (exact) mass is 485 g/mol. The Morgan fingerprint density at radius 3 is 0.619 bits per heavy atom. The van der Waals surface area contributed by atoms with E-state index >= 15 is 0 Å². The molecule has 0 aliphatic rings. The van der Waals surface area contributed by atoms with Crippen LogP contribution < -0.4 is 11.5 Å². The predicted molar refractivity (Wildman–Crippen MR) is 59.0 cm³/mol. The van der Waals surface area contributed by atoms with Crippen LogP contribution in [0.25, 0.3) is 0 Å². The van der Waals surface area contributed by atoms with E-state index in [0.717, 1.165) is 0 Å². The normalized spacial score (nSPS) is 9.43. The summed E-state index contributed by atoms with van der Waals surface area (Å²) in [6.45, 7) is 0. The molecule has 0 atom stereocenters. The molecule has 0 spiro atoms. The van der Waals surface area contributed by atoms with Gasteiger partial charge in [-0.25, -0.2) is 0 Å². The first-order valence-corrected chi connectivity index (χ1v) is 6.83. The number of nitrogens with one attached hydrogen (secondary N) is 1. The Balaban J connectivity index is -0.0000000347. The zero-order valence-electron chi connectivity index (χ0n) is 9.43. The average Bonchev–Trinajstić information content (AvgIpc) is 1.66. The number of nitrogens with two attached hydrogens (primary N) is 2. The van der Waals surface area contributed by atoms with E-state index in [1.807, 2.05) is 0 Å². The zero-order chi connectivity index (χ0) is 17.1. The summed E-state index contributed by atoms with van der Waals surface area (Å²) in [6.07, 6.45) is 0. The standard InChI is InChI=1S/CH5N3.2Ga.3H2O4S/c2-1(3)4;;;3*1-5(2,3)4/h(H5,2,3,4);;;3*(H2,1,2,3,4)/q;2*+3;;;/p-6. The predicted octanol–water partition coefficient (Wildman–Crippen LogP) is -5.94. The molecule has 0 heterocycles. The number of hydrogen-bond donors (Lipinski definition) is 3. The van der Waals surface area contributed by atoms with Crippen LogP contribution in [0.3, 0.4) is 0 Å². The molecular weight excluding hydrogens is 482 g/mol. The van der Waals surface area contributed by atoms with E-state index in [2.05, 4.69) is 11.5 Å². The molecule has 0 bridgehead atoms. The molecule has 0 aromatic rings. The molecule has 21 heavy (non-hydrogen) atoms. The van der Waals surface area contributed by atoms with E-state index in [9.17, 15) is 0 Å². The van der Waals surface area contributed by atoms with Gasteiger partial charge in [-0.15, -0.1) is 0 Å². The molecule has 15 nitrogen and oxygen atoms in total. The Kier molecular flexibility index (Phi) is 29.4. The third kappa shape index (κ3) is 285000. The van der Waals surface area contributed by atoms with Gasteiger partial charge < -0.3 is 38.8 Å². The third-order valence-electron chi connectivity index (χ3n) is 0. The minimum atomic E-state index is -5.17. The van der Waals surface area contributed by atoms with Gasteiger partial charge in [0.2, 0.25) is 0 Å². The van der Waals surface area contributed by atoms with Gasteiger partial charge in [-0.05, 0) is 0 Å². The van der Waals surface area contributed by atoms with Crippen LogP contribution in [0.1, 0.15) is 0 Å². The van der Waals surface area contributed by atoms with Crippen molar-refractivity contribution in [3.05, 3.63) is 0 Å². The van der Waals surface area contributed by atoms with Gasteiger partial charge in [0.15, 0.2) is 5.96 Å².